The maximum absolute atomic E-state index is 11.6. The lowest BCUT2D eigenvalue weighted by atomic mass is 9.85. The van der Waals surface area contributed by atoms with E-state index in [1.165, 1.54) is 41.9 Å². The molecule has 0 bridgehead atoms. The third kappa shape index (κ3) is 3.08. The van der Waals surface area contributed by atoms with Crippen molar-refractivity contribution in [3.63, 3.8) is 0 Å². The Morgan fingerprint density at radius 1 is 1.08 bits per heavy atom. The first-order valence-electron chi connectivity index (χ1n) is 7.24. The SMILES string of the molecule is O=C(CC1(O)C=C(c2ccc(O)cc2)Oc2cc(O)cc(O)c21)NO. The fourth-order valence-corrected chi connectivity index (χ4v) is 2.73. The number of hydrogen-bond donors (Lipinski definition) is 6. The Morgan fingerprint density at radius 3 is 2.40 bits per heavy atom. The Hall–Kier alpha value is -3.23. The molecule has 0 aliphatic carbocycles. The van der Waals surface area contributed by atoms with E-state index in [2.05, 4.69) is 0 Å². The van der Waals surface area contributed by atoms with E-state index in [1.807, 2.05) is 0 Å². The summed E-state index contributed by atoms with van der Waals surface area (Å²) in [6.07, 6.45) is 0.619. The van der Waals surface area contributed by atoms with E-state index in [-0.39, 0.29) is 28.6 Å². The van der Waals surface area contributed by atoms with Gasteiger partial charge in [0, 0.05) is 17.7 Å². The van der Waals surface area contributed by atoms with Crippen LogP contribution in [0.5, 0.6) is 23.0 Å². The van der Waals surface area contributed by atoms with Crippen LogP contribution < -0.4 is 10.2 Å². The van der Waals surface area contributed by atoms with Crippen molar-refractivity contribution in [3.8, 4) is 23.0 Å². The Balaban J connectivity index is 2.15. The molecule has 130 valence electrons. The van der Waals surface area contributed by atoms with Gasteiger partial charge in [0.1, 0.15) is 34.4 Å². The van der Waals surface area contributed by atoms with Gasteiger partial charge < -0.3 is 25.2 Å². The van der Waals surface area contributed by atoms with E-state index in [0.29, 0.717) is 5.56 Å². The van der Waals surface area contributed by atoms with E-state index in [4.69, 9.17) is 9.94 Å². The van der Waals surface area contributed by atoms with Crippen molar-refractivity contribution in [2.75, 3.05) is 0 Å². The molecule has 0 fully saturated rings. The molecule has 1 aliphatic heterocycles. The number of carbonyl (C=O) groups excluding carboxylic acids is 1. The van der Waals surface area contributed by atoms with Crippen LogP contribution in [-0.2, 0) is 10.4 Å². The van der Waals surface area contributed by atoms with Gasteiger partial charge in [0.2, 0.25) is 5.91 Å². The molecule has 1 amide bonds. The highest BCUT2D eigenvalue weighted by molar-refractivity contribution is 5.79. The van der Waals surface area contributed by atoms with E-state index >= 15 is 0 Å². The number of fused-ring (bicyclic) bond motifs is 1. The molecule has 2 aromatic rings. The molecule has 1 atom stereocenters. The van der Waals surface area contributed by atoms with Crippen LogP contribution in [-0.4, -0.2) is 31.5 Å². The van der Waals surface area contributed by atoms with Crippen LogP contribution in [0.25, 0.3) is 5.76 Å². The number of phenols is 3. The summed E-state index contributed by atoms with van der Waals surface area (Å²) in [6, 6.07) is 8.07. The van der Waals surface area contributed by atoms with Crippen molar-refractivity contribution < 1.29 is 35.2 Å². The van der Waals surface area contributed by atoms with E-state index < -0.39 is 23.7 Å². The van der Waals surface area contributed by atoms with Gasteiger partial charge >= 0.3 is 0 Å². The molecular formula is C17H15NO7. The molecule has 0 aromatic heterocycles. The second-order valence-corrected chi connectivity index (χ2v) is 5.63. The van der Waals surface area contributed by atoms with Crippen molar-refractivity contribution in [2.45, 2.75) is 12.0 Å². The third-order valence-corrected chi connectivity index (χ3v) is 3.80. The molecule has 1 unspecified atom stereocenters. The number of aliphatic hydroxyl groups is 1. The highest BCUT2D eigenvalue weighted by atomic mass is 16.5. The number of aromatic hydroxyl groups is 3. The van der Waals surface area contributed by atoms with Gasteiger partial charge in [-0.3, -0.25) is 10.0 Å². The summed E-state index contributed by atoms with van der Waals surface area (Å²) in [6.45, 7) is 0. The van der Waals surface area contributed by atoms with E-state index in [0.717, 1.165) is 6.07 Å². The fourth-order valence-electron chi connectivity index (χ4n) is 2.73. The fraction of sp³-hybridized carbons (Fsp3) is 0.118. The second-order valence-electron chi connectivity index (χ2n) is 5.63. The third-order valence-electron chi connectivity index (χ3n) is 3.80. The van der Waals surface area contributed by atoms with Crippen molar-refractivity contribution in [2.24, 2.45) is 0 Å². The number of carbonyl (C=O) groups is 1. The smallest absolute Gasteiger partial charge is 0.246 e. The standard InChI is InChI=1S/C17H15NO7/c19-10-3-1-9(2-4-10)14-7-17(23,8-15(22)18-24)16-12(21)5-11(20)6-13(16)25-14/h1-7,19-21,23-24H,8H2,(H,18,22). The maximum atomic E-state index is 11.6. The molecule has 1 heterocycles. The van der Waals surface area contributed by atoms with E-state index in [9.17, 15) is 25.2 Å². The first-order valence-corrected chi connectivity index (χ1v) is 7.24. The maximum Gasteiger partial charge on any atom is 0.246 e. The van der Waals surface area contributed by atoms with Gasteiger partial charge in [-0.15, -0.1) is 0 Å². The van der Waals surface area contributed by atoms with Crippen molar-refractivity contribution in [1.82, 2.24) is 5.48 Å². The minimum atomic E-state index is -1.99. The number of phenolic OH excluding ortho intramolecular Hbond substituents is 3. The Kier molecular flexibility index (Phi) is 3.99. The lowest BCUT2D eigenvalue weighted by Gasteiger charge is -2.32. The number of rotatable bonds is 3. The quantitative estimate of drug-likeness (QED) is 0.364. The summed E-state index contributed by atoms with van der Waals surface area (Å²) in [4.78, 5) is 11.6. The van der Waals surface area contributed by atoms with Crippen molar-refractivity contribution >= 4 is 11.7 Å². The van der Waals surface area contributed by atoms with Crippen LogP contribution in [0.2, 0.25) is 0 Å². The lowest BCUT2D eigenvalue weighted by molar-refractivity contribution is -0.133. The number of ether oxygens (including phenoxy) is 1. The van der Waals surface area contributed by atoms with Crippen molar-refractivity contribution in [1.29, 1.82) is 0 Å². The largest absolute Gasteiger partial charge is 0.508 e. The Morgan fingerprint density at radius 2 is 1.76 bits per heavy atom. The average Bonchev–Trinajstić information content (AvgIpc) is 2.53. The van der Waals surface area contributed by atoms with Gasteiger partial charge in [0.25, 0.3) is 0 Å². The minimum absolute atomic E-state index is 0.0331. The highest BCUT2D eigenvalue weighted by Crippen LogP contribution is 2.48. The molecule has 1 aliphatic rings. The van der Waals surface area contributed by atoms with Crippen LogP contribution in [0.3, 0.4) is 0 Å². The lowest BCUT2D eigenvalue weighted by Crippen LogP contribution is -2.34. The van der Waals surface area contributed by atoms with Gasteiger partial charge in [-0.1, -0.05) is 0 Å². The Labute approximate surface area is 141 Å². The normalized spacial score (nSPS) is 18.7. The van der Waals surface area contributed by atoms with Crippen LogP contribution >= 0.6 is 0 Å². The molecule has 25 heavy (non-hydrogen) atoms. The predicted octanol–water partition coefficient (Wildman–Crippen LogP) is 1.32. The summed E-state index contributed by atoms with van der Waals surface area (Å²) in [5.41, 5.74) is -0.200. The Bertz CT molecular complexity index is 860. The summed E-state index contributed by atoms with van der Waals surface area (Å²) in [5, 5.41) is 48.9. The molecule has 0 saturated heterocycles. The number of nitrogens with one attached hydrogen (secondary N) is 1. The molecule has 8 heteroatoms. The summed E-state index contributed by atoms with van der Waals surface area (Å²) in [7, 11) is 0. The highest BCUT2D eigenvalue weighted by Gasteiger charge is 2.40. The van der Waals surface area contributed by atoms with Gasteiger partial charge in [0.15, 0.2) is 0 Å². The molecule has 3 rings (SSSR count). The second kappa shape index (κ2) is 6.00. The first-order chi connectivity index (χ1) is 11.8. The van der Waals surface area contributed by atoms with Gasteiger partial charge in [-0.2, -0.15) is 0 Å². The monoisotopic (exact) mass is 345 g/mol. The molecule has 6 N–H and O–H groups in total. The van der Waals surface area contributed by atoms with Gasteiger partial charge in [-0.05, 0) is 30.3 Å². The first kappa shape index (κ1) is 16.6. The average molecular weight is 345 g/mol. The summed E-state index contributed by atoms with van der Waals surface area (Å²) in [5.74, 6) is -1.52. The molecule has 0 radical (unpaired) electrons. The molecular weight excluding hydrogens is 330 g/mol. The molecule has 0 saturated carbocycles. The summed E-state index contributed by atoms with van der Waals surface area (Å²) < 4.78 is 5.64. The topological polar surface area (TPSA) is 139 Å². The molecule has 2 aromatic carbocycles. The van der Waals surface area contributed by atoms with Crippen LogP contribution in [0.15, 0.2) is 42.5 Å². The van der Waals surface area contributed by atoms with Crippen LogP contribution in [0, 0.1) is 0 Å². The van der Waals surface area contributed by atoms with E-state index in [1.54, 1.807) is 0 Å². The molecule has 8 nitrogen and oxygen atoms in total. The zero-order valence-electron chi connectivity index (χ0n) is 12.8. The zero-order valence-corrected chi connectivity index (χ0v) is 12.8. The van der Waals surface area contributed by atoms with Crippen LogP contribution in [0.1, 0.15) is 17.5 Å². The number of hydrogen-bond acceptors (Lipinski definition) is 7. The number of amides is 1. The number of hydroxylamine groups is 1. The predicted molar refractivity (Wildman–Crippen MR) is 84.9 cm³/mol. The zero-order chi connectivity index (χ0) is 18.2. The number of benzene rings is 2. The van der Waals surface area contributed by atoms with Gasteiger partial charge in [0.05, 0.1) is 12.0 Å². The van der Waals surface area contributed by atoms with Crippen molar-refractivity contribution in [3.05, 3.63) is 53.6 Å². The van der Waals surface area contributed by atoms with Gasteiger partial charge in [-0.25, -0.2) is 5.48 Å². The minimum Gasteiger partial charge on any atom is -0.508 e. The van der Waals surface area contributed by atoms with Crippen LogP contribution in [0.4, 0.5) is 0 Å². The molecule has 0 spiro atoms. The summed E-state index contributed by atoms with van der Waals surface area (Å²) >= 11 is 0.